The summed E-state index contributed by atoms with van der Waals surface area (Å²) in [5, 5.41) is 19.9. The lowest BCUT2D eigenvalue weighted by Crippen LogP contribution is -2.38. The van der Waals surface area contributed by atoms with Gasteiger partial charge in [-0.15, -0.1) is 0 Å². The molecule has 19 heavy (non-hydrogen) atoms. The molecule has 0 saturated carbocycles. The molecule has 2 aliphatic rings. The number of rotatable bonds is 2. The Balaban J connectivity index is 1.95. The average molecular weight is 259 g/mol. The molecule has 2 unspecified atom stereocenters. The van der Waals surface area contributed by atoms with Crippen molar-refractivity contribution in [2.45, 2.75) is 43.5 Å². The molecule has 2 bridgehead atoms. The molecule has 0 aliphatic carbocycles. The van der Waals surface area contributed by atoms with Crippen molar-refractivity contribution in [1.82, 2.24) is 0 Å². The van der Waals surface area contributed by atoms with Gasteiger partial charge in [0.05, 0.1) is 30.5 Å². The Labute approximate surface area is 112 Å². The highest BCUT2D eigenvalue weighted by molar-refractivity contribution is 5.46. The summed E-state index contributed by atoms with van der Waals surface area (Å²) in [6, 6.07) is 7.41. The van der Waals surface area contributed by atoms with Crippen LogP contribution >= 0.6 is 0 Å². The minimum Gasteiger partial charge on any atom is -0.495 e. The number of methoxy groups -OCH3 is 1. The van der Waals surface area contributed by atoms with Gasteiger partial charge in [-0.2, -0.15) is 5.26 Å². The second-order valence-corrected chi connectivity index (χ2v) is 5.42. The van der Waals surface area contributed by atoms with Gasteiger partial charge in [-0.3, -0.25) is 0 Å². The summed E-state index contributed by atoms with van der Waals surface area (Å²) in [6.45, 7) is 0. The van der Waals surface area contributed by atoms with Crippen LogP contribution in [0.15, 0.2) is 18.2 Å². The number of nitriles is 1. The van der Waals surface area contributed by atoms with Crippen LogP contribution in [0.25, 0.3) is 0 Å². The highest BCUT2D eigenvalue weighted by Gasteiger charge is 2.44. The Morgan fingerprint density at radius 3 is 2.63 bits per heavy atom. The fourth-order valence-corrected chi connectivity index (χ4v) is 3.23. The van der Waals surface area contributed by atoms with E-state index in [1.807, 2.05) is 6.07 Å². The van der Waals surface area contributed by atoms with Gasteiger partial charge in [-0.1, -0.05) is 6.07 Å². The van der Waals surface area contributed by atoms with Crippen LogP contribution in [-0.2, 0) is 10.3 Å². The number of fused-ring (bicyclic) bond motifs is 2. The molecule has 2 atom stereocenters. The van der Waals surface area contributed by atoms with Crippen LogP contribution in [0.1, 0.15) is 36.8 Å². The Morgan fingerprint density at radius 2 is 2.05 bits per heavy atom. The molecular formula is C15H17NO3. The lowest BCUT2D eigenvalue weighted by atomic mass is 9.83. The predicted octanol–water partition coefficient (Wildman–Crippen LogP) is 2.10. The topological polar surface area (TPSA) is 62.5 Å². The van der Waals surface area contributed by atoms with Crippen LogP contribution in [-0.4, -0.2) is 24.4 Å². The summed E-state index contributed by atoms with van der Waals surface area (Å²) >= 11 is 0. The zero-order chi connectivity index (χ0) is 13.5. The smallest absolute Gasteiger partial charge is 0.136 e. The molecule has 1 N–H and O–H groups in total. The van der Waals surface area contributed by atoms with Crippen molar-refractivity contribution in [2.24, 2.45) is 0 Å². The van der Waals surface area contributed by atoms with Gasteiger partial charge >= 0.3 is 0 Å². The number of hydrogen-bond donors (Lipinski definition) is 1. The predicted molar refractivity (Wildman–Crippen MR) is 68.7 cm³/mol. The summed E-state index contributed by atoms with van der Waals surface area (Å²) in [7, 11) is 1.54. The molecular weight excluding hydrogens is 242 g/mol. The number of benzene rings is 1. The molecule has 0 spiro atoms. The van der Waals surface area contributed by atoms with Gasteiger partial charge in [0.25, 0.3) is 0 Å². The number of aliphatic hydroxyl groups is 1. The van der Waals surface area contributed by atoms with Crippen molar-refractivity contribution in [2.75, 3.05) is 7.11 Å². The zero-order valence-corrected chi connectivity index (χ0v) is 10.9. The van der Waals surface area contributed by atoms with E-state index in [1.165, 1.54) is 7.11 Å². The first-order valence-corrected chi connectivity index (χ1v) is 6.61. The summed E-state index contributed by atoms with van der Waals surface area (Å²) in [4.78, 5) is 0. The van der Waals surface area contributed by atoms with Crippen molar-refractivity contribution >= 4 is 0 Å². The Kier molecular flexibility index (Phi) is 2.96. The third kappa shape index (κ3) is 2.09. The average Bonchev–Trinajstić information content (AvgIpc) is 2.77. The van der Waals surface area contributed by atoms with Crippen molar-refractivity contribution in [1.29, 1.82) is 5.26 Å². The minimum absolute atomic E-state index is 0.158. The maximum Gasteiger partial charge on any atom is 0.136 e. The molecule has 0 radical (unpaired) electrons. The minimum atomic E-state index is -0.856. The Bertz CT molecular complexity index is 523. The maximum absolute atomic E-state index is 10.9. The van der Waals surface area contributed by atoms with Crippen LogP contribution in [0.3, 0.4) is 0 Å². The van der Waals surface area contributed by atoms with Crippen molar-refractivity contribution < 1.29 is 14.6 Å². The molecule has 1 aromatic carbocycles. The van der Waals surface area contributed by atoms with Crippen LogP contribution in [0, 0.1) is 11.3 Å². The van der Waals surface area contributed by atoms with Gasteiger partial charge in [0.15, 0.2) is 0 Å². The molecule has 100 valence electrons. The van der Waals surface area contributed by atoms with Crippen LogP contribution in [0.4, 0.5) is 0 Å². The summed E-state index contributed by atoms with van der Waals surface area (Å²) in [5.41, 5.74) is 0.458. The molecule has 2 heterocycles. The third-order valence-corrected chi connectivity index (χ3v) is 4.19. The van der Waals surface area contributed by atoms with Crippen LogP contribution in [0.2, 0.25) is 0 Å². The lowest BCUT2D eigenvalue weighted by molar-refractivity contribution is -0.115. The van der Waals surface area contributed by atoms with Gasteiger partial charge in [-0.25, -0.2) is 0 Å². The first-order valence-electron chi connectivity index (χ1n) is 6.61. The van der Waals surface area contributed by atoms with E-state index >= 15 is 0 Å². The molecule has 3 rings (SSSR count). The van der Waals surface area contributed by atoms with E-state index in [1.54, 1.807) is 12.1 Å². The van der Waals surface area contributed by atoms with E-state index in [-0.39, 0.29) is 12.2 Å². The summed E-state index contributed by atoms with van der Waals surface area (Å²) in [5.74, 6) is 0.521. The summed E-state index contributed by atoms with van der Waals surface area (Å²) < 4.78 is 11.0. The quantitative estimate of drug-likeness (QED) is 0.883. The van der Waals surface area contributed by atoms with Gasteiger partial charge in [-0.05, 0) is 30.5 Å². The highest BCUT2D eigenvalue weighted by Crippen LogP contribution is 2.44. The first-order chi connectivity index (χ1) is 9.14. The second-order valence-electron chi connectivity index (χ2n) is 5.42. The fraction of sp³-hybridized carbons (Fsp3) is 0.533. The molecule has 1 aromatic rings. The Morgan fingerprint density at radius 1 is 1.37 bits per heavy atom. The third-order valence-electron chi connectivity index (χ3n) is 4.19. The molecule has 4 nitrogen and oxygen atoms in total. The number of ether oxygens (including phenoxy) is 2. The second kappa shape index (κ2) is 4.52. The number of nitrogens with zero attached hydrogens (tertiary/aromatic N) is 1. The van der Waals surface area contributed by atoms with E-state index < -0.39 is 5.60 Å². The van der Waals surface area contributed by atoms with Crippen molar-refractivity contribution in [3.8, 4) is 11.8 Å². The van der Waals surface area contributed by atoms with Gasteiger partial charge in [0.1, 0.15) is 11.8 Å². The molecule has 2 saturated heterocycles. The zero-order valence-electron chi connectivity index (χ0n) is 10.9. The normalized spacial score (nSPS) is 32.9. The van der Waals surface area contributed by atoms with Crippen molar-refractivity contribution in [3.05, 3.63) is 29.3 Å². The Hall–Kier alpha value is -1.57. The largest absolute Gasteiger partial charge is 0.495 e. The fourth-order valence-electron chi connectivity index (χ4n) is 3.23. The molecule has 2 fully saturated rings. The molecule has 0 aromatic heterocycles. The number of hydrogen-bond acceptors (Lipinski definition) is 4. The maximum atomic E-state index is 10.9. The molecule has 0 amide bonds. The van der Waals surface area contributed by atoms with E-state index in [4.69, 9.17) is 14.7 Å². The molecule has 2 aliphatic heterocycles. The summed E-state index contributed by atoms with van der Waals surface area (Å²) in [6.07, 6.45) is 3.62. The SMILES string of the molecule is COc1cc(C2(O)CC3CCC(C2)O3)ccc1C#N. The van der Waals surface area contributed by atoms with E-state index in [2.05, 4.69) is 6.07 Å². The first kappa shape index (κ1) is 12.5. The highest BCUT2D eigenvalue weighted by atomic mass is 16.5. The van der Waals surface area contributed by atoms with Crippen LogP contribution < -0.4 is 4.74 Å². The standard InChI is InChI=1S/C15H17NO3/c1-18-14-6-11(3-2-10(14)9-16)15(17)7-12-4-5-13(8-15)19-12/h2-3,6,12-13,17H,4-5,7-8H2,1H3. The van der Waals surface area contributed by atoms with E-state index in [9.17, 15) is 5.11 Å². The lowest BCUT2D eigenvalue weighted by Gasteiger charge is -2.37. The van der Waals surface area contributed by atoms with Crippen LogP contribution in [0.5, 0.6) is 5.75 Å². The van der Waals surface area contributed by atoms with E-state index in [0.717, 1.165) is 18.4 Å². The van der Waals surface area contributed by atoms with Crippen molar-refractivity contribution in [3.63, 3.8) is 0 Å². The van der Waals surface area contributed by atoms with Gasteiger partial charge < -0.3 is 14.6 Å². The van der Waals surface area contributed by atoms with E-state index in [0.29, 0.717) is 24.2 Å². The monoisotopic (exact) mass is 259 g/mol. The van der Waals surface area contributed by atoms with Gasteiger partial charge in [0.2, 0.25) is 0 Å². The molecule has 4 heteroatoms. The van der Waals surface area contributed by atoms with Gasteiger partial charge in [0, 0.05) is 12.8 Å².